The quantitative estimate of drug-likeness (QED) is 0.871. The Morgan fingerprint density at radius 1 is 1.00 bits per heavy atom. The Morgan fingerprint density at radius 3 is 2.37 bits per heavy atom. The van der Waals surface area contributed by atoms with Crippen LogP contribution in [0.25, 0.3) is 0 Å². The Bertz CT molecular complexity index is 520. The molecular formula is C17H22N2. The van der Waals surface area contributed by atoms with Crippen LogP contribution in [-0.2, 0) is 6.54 Å². The molecule has 0 saturated carbocycles. The van der Waals surface area contributed by atoms with Crippen molar-refractivity contribution in [3.63, 3.8) is 0 Å². The van der Waals surface area contributed by atoms with Crippen LogP contribution < -0.4 is 10.2 Å². The fraction of sp³-hybridized carbons (Fsp3) is 0.294. The van der Waals surface area contributed by atoms with Gasteiger partial charge < -0.3 is 10.2 Å². The molecule has 100 valence electrons. The summed E-state index contributed by atoms with van der Waals surface area (Å²) < 4.78 is 0. The van der Waals surface area contributed by atoms with Crippen molar-refractivity contribution in [2.24, 2.45) is 0 Å². The van der Waals surface area contributed by atoms with E-state index in [4.69, 9.17) is 0 Å². The Morgan fingerprint density at radius 2 is 1.74 bits per heavy atom. The van der Waals surface area contributed by atoms with Crippen LogP contribution in [0.3, 0.4) is 0 Å². The maximum atomic E-state index is 3.37. The summed E-state index contributed by atoms with van der Waals surface area (Å²) in [6.45, 7) is 6.25. The molecule has 0 heterocycles. The molecule has 0 unspecified atom stereocenters. The van der Waals surface area contributed by atoms with Crippen LogP contribution in [0.2, 0.25) is 0 Å². The van der Waals surface area contributed by atoms with Crippen LogP contribution in [0, 0.1) is 6.92 Å². The number of hydrogen-bond donors (Lipinski definition) is 1. The van der Waals surface area contributed by atoms with Crippen LogP contribution in [0.5, 0.6) is 0 Å². The van der Waals surface area contributed by atoms with Gasteiger partial charge in [0, 0.05) is 25.0 Å². The van der Waals surface area contributed by atoms with Crippen LogP contribution in [0.4, 0.5) is 11.4 Å². The molecule has 0 radical (unpaired) electrons. The monoisotopic (exact) mass is 254 g/mol. The summed E-state index contributed by atoms with van der Waals surface area (Å²) in [5.41, 5.74) is 5.14. The normalized spacial score (nSPS) is 10.5. The van der Waals surface area contributed by atoms with Gasteiger partial charge in [-0.05, 0) is 48.9 Å². The van der Waals surface area contributed by atoms with E-state index in [1.54, 1.807) is 0 Å². The molecule has 0 saturated heterocycles. The molecule has 0 bridgehead atoms. The van der Waals surface area contributed by atoms with Gasteiger partial charge in [0.2, 0.25) is 0 Å². The fourth-order valence-corrected chi connectivity index (χ4v) is 2.15. The number of anilines is 2. The molecule has 0 aliphatic heterocycles. The number of benzene rings is 2. The molecule has 0 aromatic heterocycles. The molecule has 2 heteroatoms. The average Bonchev–Trinajstić information content (AvgIpc) is 2.46. The van der Waals surface area contributed by atoms with Crippen molar-refractivity contribution in [2.75, 3.05) is 18.5 Å². The number of aryl methyl sites for hydroxylation is 1. The summed E-state index contributed by atoms with van der Waals surface area (Å²) in [7, 11) is 2.11. The largest absolute Gasteiger partial charge is 0.345 e. The lowest BCUT2D eigenvalue weighted by atomic mass is 10.1. The van der Waals surface area contributed by atoms with E-state index in [-0.39, 0.29) is 0 Å². The molecule has 0 aliphatic carbocycles. The number of hydrogen-bond acceptors (Lipinski definition) is 2. The molecule has 2 nitrogen and oxygen atoms in total. The van der Waals surface area contributed by atoms with Crippen molar-refractivity contribution in [3.8, 4) is 0 Å². The van der Waals surface area contributed by atoms with E-state index >= 15 is 0 Å². The van der Waals surface area contributed by atoms with E-state index in [0.717, 1.165) is 13.1 Å². The third-order valence-corrected chi connectivity index (χ3v) is 3.42. The van der Waals surface area contributed by atoms with Crippen molar-refractivity contribution >= 4 is 11.4 Å². The highest BCUT2D eigenvalue weighted by atomic mass is 15.1. The van der Waals surface area contributed by atoms with Gasteiger partial charge in [-0.25, -0.2) is 0 Å². The van der Waals surface area contributed by atoms with Crippen molar-refractivity contribution in [1.29, 1.82) is 0 Å². The van der Waals surface area contributed by atoms with Gasteiger partial charge in [-0.2, -0.15) is 0 Å². The molecule has 1 N–H and O–H groups in total. The lowest BCUT2D eigenvalue weighted by Crippen LogP contribution is -2.14. The first-order valence-corrected chi connectivity index (χ1v) is 6.81. The first kappa shape index (κ1) is 13.6. The van der Waals surface area contributed by atoms with E-state index in [1.165, 1.54) is 22.5 Å². The van der Waals surface area contributed by atoms with Gasteiger partial charge in [0.25, 0.3) is 0 Å². The molecule has 0 spiro atoms. The van der Waals surface area contributed by atoms with Gasteiger partial charge >= 0.3 is 0 Å². The summed E-state index contributed by atoms with van der Waals surface area (Å²) in [4.78, 5) is 2.21. The van der Waals surface area contributed by atoms with Gasteiger partial charge in [-0.15, -0.1) is 0 Å². The number of rotatable bonds is 5. The highest BCUT2D eigenvalue weighted by molar-refractivity contribution is 5.63. The number of para-hydroxylation sites is 1. The second kappa shape index (κ2) is 6.39. The van der Waals surface area contributed by atoms with Crippen LogP contribution in [-0.4, -0.2) is 13.6 Å². The van der Waals surface area contributed by atoms with Gasteiger partial charge in [0.05, 0.1) is 0 Å². The van der Waals surface area contributed by atoms with Crippen LogP contribution in [0.1, 0.15) is 18.1 Å². The number of nitrogens with zero attached hydrogens (tertiary/aromatic N) is 1. The smallest absolute Gasteiger partial charge is 0.0410 e. The molecule has 0 aliphatic rings. The van der Waals surface area contributed by atoms with Crippen molar-refractivity contribution in [2.45, 2.75) is 20.4 Å². The minimum atomic E-state index is 0.942. The van der Waals surface area contributed by atoms with Crippen molar-refractivity contribution in [1.82, 2.24) is 5.32 Å². The van der Waals surface area contributed by atoms with Crippen molar-refractivity contribution < 1.29 is 0 Å². The van der Waals surface area contributed by atoms with Crippen molar-refractivity contribution in [3.05, 3.63) is 59.7 Å². The topological polar surface area (TPSA) is 15.3 Å². The predicted octanol–water partition coefficient (Wildman–Crippen LogP) is 3.87. The molecule has 2 aromatic carbocycles. The third-order valence-electron chi connectivity index (χ3n) is 3.42. The van der Waals surface area contributed by atoms with Gasteiger partial charge in [-0.1, -0.05) is 31.2 Å². The highest BCUT2D eigenvalue weighted by Crippen LogP contribution is 2.25. The zero-order valence-electron chi connectivity index (χ0n) is 12.0. The zero-order chi connectivity index (χ0) is 13.7. The molecule has 0 amide bonds. The fourth-order valence-electron chi connectivity index (χ4n) is 2.15. The molecule has 2 rings (SSSR count). The molecular weight excluding hydrogens is 232 g/mol. The van der Waals surface area contributed by atoms with E-state index in [0.29, 0.717) is 0 Å². The SMILES string of the molecule is CCNCc1ccc(N(C)c2ccccc2)cc1C. The van der Waals surface area contributed by atoms with Gasteiger partial charge in [0.1, 0.15) is 0 Å². The summed E-state index contributed by atoms with van der Waals surface area (Å²) in [6, 6.07) is 17.1. The predicted molar refractivity (Wildman–Crippen MR) is 83.1 cm³/mol. The van der Waals surface area contributed by atoms with Crippen LogP contribution >= 0.6 is 0 Å². The summed E-state index contributed by atoms with van der Waals surface area (Å²) >= 11 is 0. The Kier molecular flexibility index (Phi) is 4.58. The van der Waals surface area contributed by atoms with Gasteiger partial charge in [-0.3, -0.25) is 0 Å². The molecule has 2 aromatic rings. The summed E-state index contributed by atoms with van der Waals surface area (Å²) in [5, 5.41) is 3.37. The minimum Gasteiger partial charge on any atom is -0.345 e. The van der Waals surface area contributed by atoms with E-state index in [2.05, 4.69) is 73.6 Å². The van der Waals surface area contributed by atoms with Crippen LogP contribution in [0.15, 0.2) is 48.5 Å². The Balaban J connectivity index is 2.20. The number of nitrogens with one attached hydrogen (secondary N) is 1. The molecule has 0 atom stereocenters. The first-order chi connectivity index (χ1) is 9.22. The zero-order valence-corrected chi connectivity index (χ0v) is 12.0. The standard InChI is InChI=1S/C17H22N2/c1-4-18-13-15-10-11-17(12-14(15)2)19(3)16-8-6-5-7-9-16/h5-12,18H,4,13H2,1-3H3. The average molecular weight is 254 g/mol. The lowest BCUT2D eigenvalue weighted by Gasteiger charge is -2.21. The highest BCUT2D eigenvalue weighted by Gasteiger charge is 2.05. The Labute approximate surface area is 116 Å². The summed E-state index contributed by atoms with van der Waals surface area (Å²) in [5.74, 6) is 0. The minimum absolute atomic E-state index is 0.942. The summed E-state index contributed by atoms with van der Waals surface area (Å²) in [6.07, 6.45) is 0. The van der Waals surface area contributed by atoms with E-state index < -0.39 is 0 Å². The maximum absolute atomic E-state index is 3.37. The second-order valence-electron chi connectivity index (χ2n) is 4.79. The maximum Gasteiger partial charge on any atom is 0.0410 e. The van der Waals surface area contributed by atoms with E-state index in [1.807, 2.05) is 6.07 Å². The first-order valence-electron chi connectivity index (χ1n) is 6.81. The lowest BCUT2D eigenvalue weighted by molar-refractivity contribution is 0.723. The Hall–Kier alpha value is -1.80. The van der Waals surface area contributed by atoms with E-state index in [9.17, 15) is 0 Å². The molecule has 0 fully saturated rings. The third kappa shape index (κ3) is 3.36. The van der Waals surface area contributed by atoms with Gasteiger partial charge in [0.15, 0.2) is 0 Å². The second-order valence-corrected chi connectivity index (χ2v) is 4.79. The molecule has 19 heavy (non-hydrogen) atoms.